The number of rotatable bonds is 5. The van der Waals surface area contributed by atoms with Crippen LogP contribution in [-0.2, 0) is 0 Å². The number of hydrogen-bond acceptors (Lipinski definition) is 6. The molecule has 3 rings (SSSR count). The molecule has 25 heavy (non-hydrogen) atoms. The minimum atomic E-state index is -0.659. The van der Waals surface area contributed by atoms with Crippen molar-refractivity contribution in [2.45, 2.75) is 0 Å². The highest BCUT2D eigenvalue weighted by atomic mass is 32.1. The number of hydrazine groups is 1. The van der Waals surface area contributed by atoms with Gasteiger partial charge in [0.15, 0.2) is 5.82 Å². The SMILES string of the molecule is COc1ncc(NNC(=O)c2cnc(-c3cccc(F)c3)s2)cc1F. The highest BCUT2D eigenvalue weighted by molar-refractivity contribution is 7.16. The molecule has 2 heterocycles. The van der Waals surface area contributed by atoms with E-state index >= 15 is 0 Å². The molecule has 0 unspecified atom stereocenters. The van der Waals surface area contributed by atoms with Gasteiger partial charge in [0, 0.05) is 11.6 Å². The fourth-order valence-corrected chi connectivity index (χ4v) is 2.78. The summed E-state index contributed by atoms with van der Waals surface area (Å²) in [6.45, 7) is 0. The number of ether oxygens (including phenoxy) is 1. The second kappa shape index (κ2) is 7.22. The topological polar surface area (TPSA) is 76.1 Å². The number of hydrogen-bond donors (Lipinski definition) is 2. The third-order valence-electron chi connectivity index (χ3n) is 3.12. The highest BCUT2D eigenvalue weighted by Gasteiger charge is 2.12. The van der Waals surface area contributed by atoms with Gasteiger partial charge in [-0.15, -0.1) is 11.3 Å². The van der Waals surface area contributed by atoms with Crippen LogP contribution in [0.3, 0.4) is 0 Å². The van der Waals surface area contributed by atoms with Crippen LogP contribution < -0.4 is 15.6 Å². The van der Waals surface area contributed by atoms with Crippen LogP contribution in [0.4, 0.5) is 14.5 Å². The predicted molar refractivity (Wildman–Crippen MR) is 89.3 cm³/mol. The number of aromatic nitrogens is 2. The van der Waals surface area contributed by atoms with E-state index in [0.29, 0.717) is 15.4 Å². The summed E-state index contributed by atoms with van der Waals surface area (Å²) >= 11 is 1.11. The molecule has 3 aromatic rings. The Morgan fingerprint density at radius 1 is 1.20 bits per heavy atom. The predicted octanol–water partition coefficient (Wildman–Crippen LogP) is 3.25. The molecule has 0 saturated carbocycles. The molecule has 128 valence electrons. The Morgan fingerprint density at radius 2 is 2.04 bits per heavy atom. The zero-order valence-corrected chi connectivity index (χ0v) is 13.7. The van der Waals surface area contributed by atoms with E-state index in [1.807, 2.05) is 0 Å². The Balaban J connectivity index is 1.67. The molecule has 1 aromatic carbocycles. The monoisotopic (exact) mass is 362 g/mol. The summed E-state index contributed by atoms with van der Waals surface area (Å²) in [4.78, 5) is 20.3. The highest BCUT2D eigenvalue weighted by Crippen LogP contribution is 2.25. The van der Waals surface area contributed by atoms with Crippen LogP contribution in [0, 0.1) is 11.6 Å². The zero-order chi connectivity index (χ0) is 17.8. The third kappa shape index (κ3) is 3.89. The lowest BCUT2D eigenvalue weighted by atomic mass is 10.2. The fraction of sp³-hybridized carbons (Fsp3) is 0.0625. The van der Waals surface area contributed by atoms with E-state index in [9.17, 15) is 13.6 Å². The molecule has 0 aliphatic carbocycles. The molecule has 0 saturated heterocycles. The normalized spacial score (nSPS) is 10.4. The summed E-state index contributed by atoms with van der Waals surface area (Å²) in [6.07, 6.45) is 2.70. The zero-order valence-electron chi connectivity index (χ0n) is 12.9. The Hall–Kier alpha value is -3.07. The van der Waals surface area contributed by atoms with Crippen LogP contribution in [-0.4, -0.2) is 23.0 Å². The van der Waals surface area contributed by atoms with Crippen molar-refractivity contribution in [2.75, 3.05) is 12.5 Å². The maximum absolute atomic E-state index is 13.5. The number of halogens is 2. The van der Waals surface area contributed by atoms with Gasteiger partial charge < -0.3 is 4.74 Å². The Labute approximate surface area is 145 Å². The van der Waals surface area contributed by atoms with Crippen molar-refractivity contribution >= 4 is 22.9 Å². The summed E-state index contributed by atoms with van der Waals surface area (Å²) in [5, 5.41) is 0.516. The first-order valence-electron chi connectivity index (χ1n) is 7.04. The van der Waals surface area contributed by atoms with Gasteiger partial charge in [-0.25, -0.2) is 18.7 Å². The van der Waals surface area contributed by atoms with Crippen LogP contribution in [0.15, 0.2) is 42.7 Å². The van der Waals surface area contributed by atoms with Crippen molar-refractivity contribution < 1.29 is 18.3 Å². The van der Waals surface area contributed by atoms with Crippen LogP contribution >= 0.6 is 11.3 Å². The third-order valence-corrected chi connectivity index (χ3v) is 4.17. The largest absolute Gasteiger partial charge is 0.479 e. The summed E-state index contributed by atoms with van der Waals surface area (Å²) in [7, 11) is 1.31. The maximum atomic E-state index is 13.5. The standard InChI is InChI=1S/C16H12F2N4O2S/c1-24-15-12(18)6-11(7-19-15)21-22-14(23)13-8-20-16(25-13)9-3-2-4-10(17)5-9/h2-8,21H,1H3,(H,22,23). The number of methoxy groups -OCH3 is 1. The average Bonchev–Trinajstić information content (AvgIpc) is 3.10. The lowest BCUT2D eigenvalue weighted by molar-refractivity contribution is 0.0966. The van der Waals surface area contributed by atoms with E-state index in [1.165, 1.54) is 31.6 Å². The number of carbonyl (C=O) groups excluding carboxylic acids is 1. The summed E-state index contributed by atoms with van der Waals surface area (Å²) in [6, 6.07) is 7.07. The number of nitrogens with one attached hydrogen (secondary N) is 2. The van der Waals surface area contributed by atoms with Gasteiger partial charge in [0.05, 0.1) is 25.2 Å². The second-order valence-electron chi connectivity index (χ2n) is 4.83. The van der Waals surface area contributed by atoms with E-state index in [2.05, 4.69) is 20.8 Å². The van der Waals surface area contributed by atoms with E-state index in [-0.39, 0.29) is 17.4 Å². The van der Waals surface area contributed by atoms with Crippen molar-refractivity contribution in [1.29, 1.82) is 0 Å². The van der Waals surface area contributed by atoms with E-state index in [1.54, 1.807) is 12.1 Å². The fourth-order valence-electron chi connectivity index (χ4n) is 1.97. The molecule has 0 bridgehead atoms. The molecule has 0 atom stereocenters. The lowest BCUT2D eigenvalue weighted by Crippen LogP contribution is -2.28. The Kier molecular flexibility index (Phi) is 4.85. The van der Waals surface area contributed by atoms with Gasteiger partial charge in [-0.3, -0.25) is 15.6 Å². The van der Waals surface area contributed by atoms with Crippen LogP contribution in [0.5, 0.6) is 5.88 Å². The maximum Gasteiger partial charge on any atom is 0.281 e. The molecule has 2 N–H and O–H groups in total. The number of amides is 1. The first-order valence-corrected chi connectivity index (χ1v) is 7.86. The van der Waals surface area contributed by atoms with Gasteiger partial charge in [-0.05, 0) is 12.1 Å². The molecule has 0 spiro atoms. The molecule has 0 fully saturated rings. The van der Waals surface area contributed by atoms with Crippen molar-refractivity contribution in [2.24, 2.45) is 0 Å². The van der Waals surface area contributed by atoms with E-state index in [0.717, 1.165) is 17.4 Å². The van der Waals surface area contributed by atoms with Gasteiger partial charge >= 0.3 is 0 Å². The number of benzene rings is 1. The second-order valence-corrected chi connectivity index (χ2v) is 5.86. The van der Waals surface area contributed by atoms with Crippen LogP contribution in [0.2, 0.25) is 0 Å². The van der Waals surface area contributed by atoms with E-state index < -0.39 is 11.7 Å². The molecule has 0 radical (unpaired) electrons. The molecular weight excluding hydrogens is 350 g/mol. The molecule has 0 aliphatic rings. The summed E-state index contributed by atoms with van der Waals surface area (Å²) < 4.78 is 31.5. The average molecular weight is 362 g/mol. The van der Waals surface area contributed by atoms with Crippen molar-refractivity contribution in [3.05, 3.63) is 59.2 Å². The first-order chi connectivity index (χ1) is 12.1. The molecule has 2 aromatic heterocycles. The minimum absolute atomic E-state index is 0.140. The van der Waals surface area contributed by atoms with Gasteiger partial charge in [0.2, 0.25) is 5.88 Å². The van der Waals surface area contributed by atoms with Crippen LogP contribution in [0.25, 0.3) is 10.6 Å². The van der Waals surface area contributed by atoms with Gasteiger partial charge in [-0.1, -0.05) is 12.1 Å². The number of thiazole rings is 1. The summed E-state index contributed by atoms with van der Waals surface area (Å²) in [5.41, 5.74) is 5.80. The molecule has 9 heteroatoms. The molecular formula is C16H12F2N4O2S. The first kappa shape index (κ1) is 16.8. The van der Waals surface area contributed by atoms with E-state index in [4.69, 9.17) is 4.74 Å². The number of pyridine rings is 1. The van der Waals surface area contributed by atoms with Crippen LogP contribution in [0.1, 0.15) is 9.67 Å². The Morgan fingerprint density at radius 3 is 2.76 bits per heavy atom. The van der Waals surface area contributed by atoms with Crippen molar-refractivity contribution in [3.63, 3.8) is 0 Å². The smallest absolute Gasteiger partial charge is 0.281 e. The van der Waals surface area contributed by atoms with Gasteiger partial charge in [0.1, 0.15) is 15.7 Å². The molecule has 1 amide bonds. The van der Waals surface area contributed by atoms with Crippen molar-refractivity contribution in [1.82, 2.24) is 15.4 Å². The number of anilines is 1. The number of carbonyl (C=O) groups is 1. The lowest BCUT2D eigenvalue weighted by Gasteiger charge is -2.08. The Bertz CT molecular complexity index is 917. The van der Waals surface area contributed by atoms with Gasteiger partial charge in [-0.2, -0.15) is 0 Å². The number of nitrogens with zero attached hydrogens (tertiary/aromatic N) is 2. The minimum Gasteiger partial charge on any atom is -0.479 e. The quantitative estimate of drug-likeness (QED) is 0.682. The van der Waals surface area contributed by atoms with Gasteiger partial charge in [0.25, 0.3) is 5.91 Å². The summed E-state index contributed by atoms with van der Waals surface area (Å²) in [5.74, 6) is -1.64. The van der Waals surface area contributed by atoms with Crippen molar-refractivity contribution in [3.8, 4) is 16.5 Å². The molecule has 0 aliphatic heterocycles. The molecule has 6 nitrogen and oxygen atoms in total.